The quantitative estimate of drug-likeness (QED) is 0.816. The number of piperidine rings is 1. The molecule has 0 N–H and O–H groups in total. The van der Waals surface area contributed by atoms with Gasteiger partial charge in [0.15, 0.2) is 11.5 Å². The van der Waals surface area contributed by atoms with Gasteiger partial charge < -0.3 is 14.7 Å². The average molecular weight is 383 g/mol. The van der Waals surface area contributed by atoms with E-state index in [1.165, 1.54) is 6.07 Å². The van der Waals surface area contributed by atoms with Gasteiger partial charge in [0, 0.05) is 39.3 Å². The zero-order chi connectivity index (χ0) is 19.5. The first-order valence-corrected chi connectivity index (χ1v) is 9.99. The highest BCUT2D eigenvalue weighted by molar-refractivity contribution is 5.92. The summed E-state index contributed by atoms with van der Waals surface area (Å²) in [5, 5.41) is 8.47. The number of benzene rings is 1. The van der Waals surface area contributed by atoms with Crippen LogP contribution in [-0.2, 0) is 0 Å². The van der Waals surface area contributed by atoms with Gasteiger partial charge in [0.05, 0.1) is 5.69 Å². The van der Waals surface area contributed by atoms with Crippen molar-refractivity contribution in [2.75, 3.05) is 49.1 Å². The fourth-order valence-electron chi connectivity index (χ4n) is 3.87. The summed E-state index contributed by atoms with van der Waals surface area (Å²) in [6.45, 7) is 6.54. The van der Waals surface area contributed by atoms with E-state index < -0.39 is 0 Å². The van der Waals surface area contributed by atoms with E-state index in [-0.39, 0.29) is 11.7 Å². The van der Waals surface area contributed by atoms with Gasteiger partial charge in [-0.15, -0.1) is 10.2 Å². The normalized spacial score (nSPS) is 18.4. The Balaban J connectivity index is 1.36. The summed E-state index contributed by atoms with van der Waals surface area (Å²) in [5.41, 5.74) is 0.961. The molecule has 1 amide bonds. The lowest BCUT2D eigenvalue weighted by molar-refractivity contribution is 0.0739. The largest absolute Gasteiger partial charge is 0.366 e. The number of hydrogen-bond acceptors (Lipinski definition) is 5. The maximum atomic E-state index is 14.0. The lowest BCUT2D eigenvalue weighted by atomic mass is 9.99. The van der Waals surface area contributed by atoms with Gasteiger partial charge in [0.1, 0.15) is 5.82 Å². The number of amides is 1. The number of anilines is 2. The molecule has 0 unspecified atom stereocenters. The topological polar surface area (TPSA) is 52.6 Å². The minimum atomic E-state index is -0.226. The second-order valence-corrected chi connectivity index (χ2v) is 7.68. The standard InChI is InChI=1S/C21H26FN5O/c1-16-8-10-26(11-9-16)20-7-6-18(23-24-20)21(28)27-14-12-25(13-15-27)19-5-3-2-4-17(19)22/h2-7,16H,8-15H2,1H3. The molecule has 0 spiro atoms. The van der Waals surface area contributed by atoms with Crippen LogP contribution in [0.5, 0.6) is 0 Å². The average Bonchev–Trinajstić information content (AvgIpc) is 2.74. The van der Waals surface area contributed by atoms with Crippen molar-refractivity contribution in [1.29, 1.82) is 0 Å². The van der Waals surface area contributed by atoms with E-state index in [1.54, 1.807) is 23.1 Å². The van der Waals surface area contributed by atoms with E-state index in [2.05, 4.69) is 22.0 Å². The minimum Gasteiger partial charge on any atom is -0.366 e. The van der Waals surface area contributed by atoms with Gasteiger partial charge in [-0.25, -0.2) is 4.39 Å². The van der Waals surface area contributed by atoms with Crippen molar-refractivity contribution in [2.45, 2.75) is 19.8 Å². The van der Waals surface area contributed by atoms with Crippen molar-refractivity contribution in [1.82, 2.24) is 15.1 Å². The van der Waals surface area contributed by atoms with E-state index in [4.69, 9.17) is 0 Å². The number of aromatic nitrogens is 2. The molecule has 2 aromatic rings. The van der Waals surface area contributed by atoms with Gasteiger partial charge in [-0.1, -0.05) is 19.1 Å². The monoisotopic (exact) mass is 383 g/mol. The highest BCUT2D eigenvalue weighted by Crippen LogP contribution is 2.22. The van der Waals surface area contributed by atoms with E-state index >= 15 is 0 Å². The Morgan fingerprint density at radius 1 is 0.929 bits per heavy atom. The van der Waals surface area contributed by atoms with Crippen molar-refractivity contribution in [3.63, 3.8) is 0 Å². The lowest BCUT2D eigenvalue weighted by Crippen LogP contribution is -2.49. The zero-order valence-corrected chi connectivity index (χ0v) is 16.2. The number of piperazine rings is 1. The van der Waals surface area contributed by atoms with Crippen molar-refractivity contribution in [3.05, 3.63) is 47.9 Å². The first-order valence-electron chi connectivity index (χ1n) is 9.99. The summed E-state index contributed by atoms with van der Waals surface area (Å²) >= 11 is 0. The number of halogens is 1. The Morgan fingerprint density at radius 3 is 2.29 bits per heavy atom. The highest BCUT2D eigenvalue weighted by atomic mass is 19.1. The summed E-state index contributed by atoms with van der Waals surface area (Å²) in [6.07, 6.45) is 2.32. The number of carbonyl (C=O) groups is 1. The molecule has 0 bridgehead atoms. The van der Waals surface area contributed by atoms with Crippen LogP contribution in [0.2, 0.25) is 0 Å². The van der Waals surface area contributed by atoms with Gasteiger partial charge in [-0.2, -0.15) is 0 Å². The number of hydrogen-bond donors (Lipinski definition) is 0. The molecule has 3 heterocycles. The van der Waals surface area contributed by atoms with Gasteiger partial charge in [-0.3, -0.25) is 4.79 Å². The van der Waals surface area contributed by atoms with Crippen molar-refractivity contribution in [3.8, 4) is 0 Å². The van der Waals surface area contributed by atoms with Crippen molar-refractivity contribution < 1.29 is 9.18 Å². The third-order valence-corrected chi connectivity index (χ3v) is 5.74. The Morgan fingerprint density at radius 2 is 1.64 bits per heavy atom. The fraction of sp³-hybridized carbons (Fsp3) is 0.476. The zero-order valence-electron chi connectivity index (χ0n) is 16.2. The second-order valence-electron chi connectivity index (χ2n) is 7.68. The molecular weight excluding hydrogens is 357 g/mol. The Kier molecular flexibility index (Phi) is 5.41. The van der Waals surface area contributed by atoms with Gasteiger partial charge >= 0.3 is 0 Å². The SMILES string of the molecule is CC1CCN(c2ccc(C(=O)N3CCN(c4ccccc4F)CC3)nn2)CC1. The third kappa shape index (κ3) is 3.93. The second kappa shape index (κ2) is 8.12. The molecular formula is C21H26FN5O. The van der Waals surface area contributed by atoms with Crippen LogP contribution in [0.3, 0.4) is 0 Å². The van der Waals surface area contributed by atoms with Gasteiger partial charge in [0.2, 0.25) is 0 Å². The molecule has 2 aliphatic heterocycles. The Hall–Kier alpha value is -2.70. The van der Waals surface area contributed by atoms with Crippen LogP contribution in [0.15, 0.2) is 36.4 Å². The number of rotatable bonds is 3. The smallest absolute Gasteiger partial charge is 0.274 e. The number of para-hydroxylation sites is 1. The molecule has 28 heavy (non-hydrogen) atoms. The number of carbonyl (C=O) groups excluding carboxylic acids is 1. The minimum absolute atomic E-state index is 0.112. The van der Waals surface area contributed by atoms with Crippen LogP contribution >= 0.6 is 0 Å². The maximum absolute atomic E-state index is 14.0. The maximum Gasteiger partial charge on any atom is 0.274 e. The van der Waals surface area contributed by atoms with Crippen LogP contribution < -0.4 is 9.80 Å². The predicted octanol–water partition coefficient (Wildman–Crippen LogP) is 2.81. The van der Waals surface area contributed by atoms with Crippen LogP contribution in [0.1, 0.15) is 30.3 Å². The highest BCUT2D eigenvalue weighted by Gasteiger charge is 2.25. The molecule has 1 aromatic heterocycles. The summed E-state index contributed by atoms with van der Waals surface area (Å²) < 4.78 is 14.0. The molecule has 2 saturated heterocycles. The van der Waals surface area contributed by atoms with E-state index in [1.807, 2.05) is 17.0 Å². The van der Waals surface area contributed by atoms with E-state index in [0.29, 0.717) is 37.6 Å². The Labute approximate surface area is 165 Å². The Bertz CT molecular complexity index is 812. The molecule has 0 atom stereocenters. The molecule has 7 heteroatoms. The first-order chi connectivity index (χ1) is 13.6. The van der Waals surface area contributed by atoms with Crippen LogP contribution in [0.25, 0.3) is 0 Å². The molecule has 1 aromatic carbocycles. The van der Waals surface area contributed by atoms with Crippen molar-refractivity contribution in [2.24, 2.45) is 5.92 Å². The van der Waals surface area contributed by atoms with Crippen LogP contribution in [0, 0.1) is 11.7 Å². The van der Waals surface area contributed by atoms with Crippen LogP contribution in [-0.4, -0.2) is 60.3 Å². The lowest BCUT2D eigenvalue weighted by Gasteiger charge is -2.36. The molecule has 0 radical (unpaired) electrons. The first kappa shape index (κ1) is 18.7. The summed E-state index contributed by atoms with van der Waals surface area (Å²) in [4.78, 5) is 18.7. The van der Waals surface area contributed by atoms with E-state index in [0.717, 1.165) is 37.7 Å². The fourth-order valence-corrected chi connectivity index (χ4v) is 3.87. The van der Waals surface area contributed by atoms with Gasteiger partial charge in [0.25, 0.3) is 5.91 Å². The van der Waals surface area contributed by atoms with Crippen molar-refractivity contribution >= 4 is 17.4 Å². The molecule has 4 rings (SSSR count). The molecule has 2 aliphatic rings. The van der Waals surface area contributed by atoms with Gasteiger partial charge in [-0.05, 0) is 43.0 Å². The molecule has 148 valence electrons. The van der Waals surface area contributed by atoms with E-state index in [9.17, 15) is 9.18 Å². The molecule has 0 aliphatic carbocycles. The summed E-state index contributed by atoms with van der Waals surface area (Å²) in [7, 11) is 0. The predicted molar refractivity (Wildman–Crippen MR) is 107 cm³/mol. The number of nitrogens with zero attached hydrogens (tertiary/aromatic N) is 5. The molecule has 2 fully saturated rings. The third-order valence-electron chi connectivity index (χ3n) is 5.74. The molecule has 0 saturated carbocycles. The molecule has 6 nitrogen and oxygen atoms in total. The van der Waals surface area contributed by atoms with Crippen LogP contribution in [0.4, 0.5) is 15.9 Å². The summed E-state index contributed by atoms with van der Waals surface area (Å²) in [6, 6.07) is 10.4. The summed E-state index contributed by atoms with van der Waals surface area (Å²) in [5.74, 6) is 1.26.